The molecule has 2 aromatic carbocycles. The largest absolute Gasteiger partial charge is 0.493 e. The van der Waals surface area contributed by atoms with E-state index in [1.807, 2.05) is 20.8 Å². The second-order valence-corrected chi connectivity index (χ2v) is 13.9. The molecule has 0 spiro atoms. The van der Waals surface area contributed by atoms with Crippen molar-refractivity contribution in [3.8, 4) is 11.5 Å². The minimum absolute atomic E-state index is 0.0310. The van der Waals surface area contributed by atoms with E-state index in [9.17, 15) is 13.2 Å². The molecule has 0 saturated heterocycles. The van der Waals surface area contributed by atoms with Crippen LogP contribution in [0.25, 0.3) is 0 Å². The molecular weight excluding hydrogens is 598 g/mol. The number of amidine groups is 1. The standard InChI is InChI=1S/C32H39N5O7S/c1-31(2,3)22-13-15-23(16-14-22)45(39,40)36-27-26(44-25-12-9-8-11-24(25)41-7)21-37(29(35-27)28-33-17-10-18-34-28)43-20-19-42-30(38)32(4,5)6/h8-18,36H,19-21H2,1-7H3. The third-order valence-corrected chi connectivity index (χ3v) is 7.87. The lowest BCUT2D eigenvalue weighted by Crippen LogP contribution is -2.42. The van der Waals surface area contributed by atoms with Gasteiger partial charge in [-0.15, -0.1) is 0 Å². The van der Waals surface area contributed by atoms with Crippen molar-refractivity contribution in [2.45, 2.75) is 51.9 Å². The number of hydroxylamine groups is 2. The highest BCUT2D eigenvalue weighted by Gasteiger charge is 2.31. The fraction of sp³-hybridized carbons (Fsp3) is 0.375. The Hall–Kier alpha value is -4.49. The van der Waals surface area contributed by atoms with E-state index < -0.39 is 15.4 Å². The highest BCUT2D eigenvalue weighted by molar-refractivity contribution is 7.89. The molecule has 1 N–H and O–H groups in total. The van der Waals surface area contributed by atoms with Gasteiger partial charge in [-0.2, -0.15) is 0 Å². The summed E-state index contributed by atoms with van der Waals surface area (Å²) in [6.45, 7) is 11.2. The van der Waals surface area contributed by atoms with E-state index >= 15 is 0 Å². The van der Waals surface area contributed by atoms with Crippen molar-refractivity contribution >= 4 is 21.8 Å². The number of carbonyl (C=O) groups excluding carboxylic acids is 1. The van der Waals surface area contributed by atoms with Gasteiger partial charge >= 0.3 is 5.97 Å². The highest BCUT2D eigenvalue weighted by Crippen LogP contribution is 2.31. The van der Waals surface area contributed by atoms with Gasteiger partial charge in [0.05, 0.1) is 17.4 Å². The van der Waals surface area contributed by atoms with Crippen molar-refractivity contribution in [3.63, 3.8) is 0 Å². The fourth-order valence-electron chi connectivity index (χ4n) is 4.00. The van der Waals surface area contributed by atoms with Crippen LogP contribution in [-0.4, -0.2) is 62.1 Å². The lowest BCUT2D eigenvalue weighted by Gasteiger charge is -2.30. The maximum absolute atomic E-state index is 13.6. The number of methoxy groups -OCH3 is 1. The SMILES string of the molecule is COc1ccccc1OC1=C(NS(=O)(=O)c2ccc(C(C)(C)C)cc2)N=C(c2ncccn2)N(OCCOC(=O)C(C)(C)C)C1. The van der Waals surface area contributed by atoms with Crippen LogP contribution in [-0.2, 0) is 29.8 Å². The summed E-state index contributed by atoms with van der Waals surface area (Å²) in [4.78, 5) is 31.4. The molecule has 1 aromatic heterocycles. The normalized spacial score (nSPS) is 14.1. The summed E-state index contributed by atoms with van der Waals surface area (Å²) in [7, 11) is -2.61. The monoisotopic (exact) mass is 637 g/mol. The molecule has 0 unspecified atom stereocenters. The number of hydrogen-bond donors (Lipinski definition) is 1. The van der Waals surface area contributed by atoms with Crippen LogP contribution in [0, 0.1) is 5.41 Å². The van der Waals surface area contributed by atoms with E-state index in [1.165, 1.54) is 24.6 Å². The number of nitrogens with zero attached hydrogens (tertiary/aromatic N) is 4. The van der Waals surface area contributed by atoms with Gasteiger partial charge in [-0.3, -0.25) is 14.4 Å². The quantitative estimate of drug-likeness (QED) is 0.234. The summed E-state index contributed by atoms with van der Waals surface area (Å²) < 4.78 is 46.9. The van der Waals surface area contributed by atoms with Crippen molar-refractivity contribution in [2.75, 3.05) is 26.9 Å². The number of para-hydroxylation sites is 2. The van der Waals surface area contributed by atoms with E-state index in [0.29, 0.717) is 11.5 Å². The Morgan fingerprint density at radius 3 is 2.16 bits per heavy atom. The smallest absolute Gasteiger partial charge is 0.311 e. The molecule has 0 radical (unpaired) electrons. The van der Waals surface area contributed by atoms with Crippen LogP contribution >= 0.6 is 0 Å². The minimum atomic E-state index is -4.11. The van der Waals surface area contributed by atoms with Crippen molar-refractivity contribution in [2.24, 2.45) is 10.4 Å². The van der Waals surface area contributed by atoms with Gasteiger partial charge in [-0.1, -0.05) is 45.0 Å². The molecule has 240 valence electrons. The average molecular weight is 638 g/mol. The van der Waals surface area contributed by atoms with Gasteiger partial charge in [-0.25, -0.2) is 28.4 Å². The van der Waals surface area contributed by atoms with Crippen LogP contribution in [0.3, 0.4) is 0 Å². The molecule has 1 aliphatic heterocycles. The Morgan fingerprint density at radius 2 is 1.56 bits per heavy atom. The molecule has 0 fully saturated rings. The predicted octanol–water partition coefficient (Wildman–Crippen LogP) is 4.59. The second kappa shape index (κ2) is 13.7. The first-order valence-corrected chi connectivity index (χ1v) is 15.8. The number of nitrogens with one attached hydrogen (secondary N) is 1. The van der Waals surface area contributed by atoms with Crippen LogP contribution in [0.5, 0.6) is 11.5 Å². The van der Waals surface area contributed by atoms with Crippen molar-refractivity contribution in [1.82, 2.24) is 19.8 Å². The zero-order chi connectivity index (χ0) is 32.8. The van der Waals surface area contributed by atoms with Gasteiger partial charge in [0.25, 0.3) is 10.0 Å². The van der Waals surface area contributed by atoms with Crippen LogP contribution in [0.15, 0.2) is 88.5 Å². The second-order valence-electron chi connectivity index (χ2n) is 12.2. The number of aliphatic imine (C=N–C) groups is 1. The molecule has 2 heterocycles. The number of benzene rings is 2. The maximum atomic E-state index is 13.6. The summed E-state index contributed by atoms with van der Waals surface area (Å²) >= 11 is 0. The van der Waals surface area contributed by atoms with E-state index in [1.54, 1.807) is 75.4 Å². The Labute approximate surface area is 264 Å². The molecular formula is C32H39N5O7S. The lowest BCUT2D eigenvalue weighted by atomic mass is 9.87. The van der Waals surface area contributed by atoms with Crippen molar-refractivity contribution < 1.29 is 32.3 Å². The van der Waals surface area contributed by atoms with E-state index in [2.05, 4.69) is 19.7 Å². The summed E-state index contributed by atoms with van der Waals surface area (Å²) in [5.41, 5.74) is 0.162. The number of esters is 1. The number of carbonyl (C=O) groups is 1. The third-order valence-electron chi connectivity index (χ3n) is 6.51. The van der Waals surface area contributed by atoms with Gasteiger partial charge in [0.15, 0.2) is 28.9 Å². The van der Waals surface area contributed by atoms with E-state index in [0.717, 1.165) is 5.56 Å². The summed E-state index contributed by atoms with van der Waals surface area (Å²) in [6.07, 6.45) is 3.05. The minimum Gasteiger partial charge on any atom is -0.493 e. The molecule has 0 bridgehead atoms. The molecule has 0 aliphatic carbocycles. The Balaban J connectivity index is 1.72. The topological polar surface area (TPSA) is 142 Å². The Morgan fingerprint density at radius 1 is 0.911 bits per heavy atom. The molecule has 0 saturated carbocycles. The van der Waals surface area contributed by atoms with Crippen LogP contribution < -0.4 is 14.2 Å². The Kier molecular flexibility index (Phi) is 10.1. The molecule has 1 aliphatic rings. The first kappa shape index (κ1) is 33.4. The van der Waals surface area contributed by atoms with E-state index in [4.69, 9.17) is 19.0 Å². The highest BCUT2D eigenvalue weighted by atomic mass is 32.2. The summed E-state index contributed by atoms with van der Waals surface area (Å²) in [5, 5.41) is 1.36. The zero-order valence-electron chi connectivity index (χ0n) is 26.5. The van der Waals surface area contributed by atoms with Crippen molar-refractivity contribution in [1.29, 1.82) is 0 Å². The zero-order valence-corrected chi connectivity index (χ0v) is 27.3. The molecule has 4 rings (SSSR count). The summed E-state index contributed by atoms with van der Waals surface area (Å²) in [5.74, 6) is 0.681. The molecule has 12 nitrogen and oxygen atoms in total. The number of rotatable bonds is 11. The average Bonchev–Trinajstić information content (AvgIpc) is 3.00. The molecule has 0 atom stereocenters. The molecule has 13 heteroatoms. The maximum Gasteiger partial charge on any atom is 0.311 e. The van der Waals surface area contributed by atoms with Gasteiger partial charge in [-0.05, 0) is 62.1 Å². The lowest BCUT2D eigenvalue weighted by molar-refractivity contribution is -0.161. The van der Waals surface area contributed by atoms with Crippen molar-refractivity contribution in [3.05, 3.63) is 90.0 Å². The van der Waals surface area contributed by atoms with Crippen LogP contribution in [0.4, 0.5) is 0 Å². The third kappa shape index (κ3) is 8.58. The number of ether oxygens (including phenoxy) is 3. The van der Waals surface area contributed by atoms with Gasteiger partial charge in [0, 0.05) is 12.4 Å². The van der Waals surface area contributed by atoms with Crippen LogP contribution in [0.2, 0.25) is 0 Å². The summed E-state index contributed by atoms with van der Waals surface area (Å²) in [6, 6.07) is 15.2. The number of aromatic nitrogens is 2. The van der Waals surface area contributed by atoms with Gasteiger partial charge in [0.2, 0.25) is 5.84 Å². The molecule has 45 heavy (non-hydrogen) atoms. The van der Waals surface area contributed by atoms with Gasteiger partial charge < -0.3 is 14.2 Å². The predicted molar refractivity (Wildman–Crippen MR) is 168 cm³/mol. The molecule has 3 aromatic rings. The number of sulfonamides is 1. The molecule has 0 amide bonds. The number of hydrogen-bond acceptors (Lipinski definition) is 11. The fourth-order valence-corrected chi connectivity index (χ4v) is 5.03. The first-order chi connectivity index (χ1) is 21.2. The van der Waals surface area contributed by atoms with Crippen LogP contribution in [0.1, 0.15) is 52.9 Å². The van der Waals surface area contributed by atoms with Gasteiger partial charge in [0.1, 0.15) is 19.8 Å². The first-order valence-electron chi connectivity index (χ1n) is 14.3. The van der Waals surface area contributed by atoms with E-state index in [-0.39, 0.29) is 59.3 Å². The Bertz CT molecular complexity index is 1660.